The Morgan fingerprint density at radius 2 is 1.67 bits per heavy atom. The van der Waals surface area contributed by atoms with E-state index in [1.165, 1.54) is 17.3 Å². The first-order valence-corrected chi connectivity index (χ1v) is 9.67. The molecule has 0 saturated heterocycles. The Labute approximate surface area is 163 Å². The summed E-state index contributed by atoms with van der Waals surface area (Å²) >= 11 is 1.35. The Kier molecular flexibility index (Phi) is 5.91. The molecule has 1 heterocycles. The fraction of sp³-hybridized carbons (Fsp3) is 0.300. The van der Waals surface area contributed by atoms with Crippen LogP contribution in [0.4, 0.5) is 0 Å². The van der Waals surface area contributed by atoms with Gasteiger partial charge in [0.15, 0.2) is 0 Å². The molecule has 0 bridgehead atoms. The third-order valence-corrected chi connectivity index (χ3v) is 5.41. The number of amides is 1. The smallest absolute Gasteiger partial charge is 0.240 e. The van der Waals surface area contributed by atoms with E-state index in [1.807, 2.05) is 42.5 Å². The van der Waals surface area contributed by atoms with Gasteiger partial charge in [-0.3, -0.25) is 4.79 Å². The lowest BCUT2D eigenvalue weighted by molar-refractivity contribution is -0.128. The van der Waals surface area contributed by atoms with Crippen LogP contribution in [-0.2, 0) is 4.79 Å². The van der Waals surface area contributed by atoms with E-state index in [2.05, 4.69) is 41.5 Å². The van der Waals surface area contributed by atoms with Gasteiger partial charge in [0.2, 0.25) is 11.1 Å². The van der Waals surface area contributed by atoms with E-state index in [1.54, 1.807) is 23.7 Å². The maximum atomic E-state index is 12.8. The van der Waals surface area contributed by atoms with Crippen molar-refractivity contribution in [2.45, 2.75) is 30.2 Å². The highest BCUT2D eigenvalue weighted by Crippen LogP contribution is 2.35. The molecule has 140 valence electrons. The van der Waals surface area contributed by atoms with Crippen LogP contribution in [0.2, 0.25) is 0 Å². The predicted molar refractivity (Wildman–Crippen MR) is 107 cm³/mol. The molecule has 3 aromatic rings. The Morgan fingerprint density at radius 1 is 1.00 bits per heavy atom. The predicted octanol–water partition coefficient (Wildman–Crippen LogP) is 3.71. The molecular weight excluding hydrogens is 358 g/mol. The number of carbonyl (C=O) groups excluding carboxylic acids is 1. The molecule has 1 aromatic heterocycles. The molecule has 0 spiro atoms. The number of aromatic nitrogens is 4. The van der Waals surface area contributed by atoms with E-state index >= 15 is 0 Å². The van der Waals surface area contributed by atoms with Crippen molar-refractivity contribution in [3.8, 4) is 5.69 Å². The fourth-order valence-electron chi connectivity index (χ4n) is 2.64. The molecule has 0 aliphatic rings. The molecule has 6 nitrogen and oxygen atoms in total. The van der Waals surface area contributed by atoms with Crippen molar-refractivity contribution in [3.05, 3.63) is 65.7 Å². The molecule has 0 radical (unpaired) electrons. The van der Waals surface area contributed by atoms with E-state index < -0.39 is 5.25 Å². The minimum absolute atomic E-state index is 0.00379. The molecule has 1 amide bonds. The number of tetrazole rings is 1. The van der Waals surface area contributed by atoms with Crippen LogP contribution in [0.15, 0.2) is 59.8 Å². The minimum atomic E-state index is -0.416. The number of hydrogen-bond donors (Lipinski definition) is 0. The van der Waals surface area contributed by atoms with Gasteiger partial charge in [-0.1, -0.05) is 68.1 Å². The molecule has 1 unspecified atom stereocenters. The zero-order valence-electron chi connectivity index (χ0n) is 15.9. The summed E-state index contributed by atoms with van der Waals surface area (Å²) in [5.74, 6) is 0.456. The standard InChI is InChI=1S/C20H23N5OS/c1-14(2)15-10-12-17(13-11-15)25-20(21-22-23-25)27-18(19(26)24(3)4)16-8-6-5-7-9-16/h5-14,18H,1-4H3. The van der Waals surface area contributed by atoms with Gasteiger partial charge in [0.05, 0.1) is 5.69 Å². The molecule has 0 saturated carbocycles. The first-order valence-electron chi connectivity index (χ1n) is 8.79. The van der Waals surface area contributed by atoms with Gasteiger partial charge < -0.3 is 4.90 Å². The van der Waals surface area contributed by atoms with Crippen molar-refractivity contribution in [2.24, 2.45) is 0 Å². The van der Waals surface area contributed by atoms with Gasteiger partial charge in [0, 0.05) is 14.1 Å². The summed E-state index contributed by atoms with van der Waals surface area (Å²) in [5, 5.41) is 12.3. The number of rotatable bonds is 6. The summed E-state index contributed by atoms with van der Waals surface area (Å²) in [6.07, 6.45) is 0. The number of nitrogens with zero attached hydrogens (tertiary/aromatic N) is 5. The lowest BCUT2D eigenvalue weighted by Gasteiger charge is -2.20. The highest BCUT2D eigenvalue weighted by atomic mass is 32.2. The summed E-state index contributed by atoms with van der Waals surface area (Å²) in [7, 11) is 3.51. The number of hydrogen-bond acceptors (Lipinski definition) is 5. The molecule has 0 fully saturated rings. The minimum Gasteiger partial charge on any atom is -0.348 e. The molecular formula is C20H23N5OS. The Hall–Kier alpha value is -2.67. The zero-order chi connectivity index (χ0) is 19.4. The maximum Gasteiger partial charge on any atom is 0.240 e. The summed E-state index contributed by atoms with van der Waals surface area (Å²) < 4.78 is 1.67. The number of carbonyl (C=O) groups is 1. The van der Waals surface area contributed by atoms with Gasteiger partial charge >= 0.3 is 0 Å². The van der Waals surface area contributed by atoms with Crippen LogP contribution in [-0.4, -0.2) is 45.1 Å². The number of likely N-dealkylation sites (N-methyl/N-ethyl adjacent to an activating group) is 1. The monoisotopic (exact) mass is 381 g/mol. The van der Waals surface area contributed by atoms with Crippen molar-refractivity contribution in [2.75, 3.05) is 14.1 Å². The van der Waals surface area contributed by atoms with Crippen molar-refractivity contribution in [3.63, 3.8) is 0 Å². The highest BCUT2D eigenvalue weighted by Gasteiger charge is 2.26. The van der Waals surface area contributed by atoms with Crippen molar-refractivity contribution in [1.82, 2.24) is 25.1 Å². The summed E-state index contributed by atoms with van der Waals surface area (Å²) in [6.45, 7) is 4.31. The first kappa shape index (κ1) is 19.1. The lowest BCUT2D eigenvalue weighted by atomic mass is 10.0. The van der Waals surface area contributed by atoms with Crippen LogP contribution >= 0.6 is 11.8 Å². The fourth-order valence-corrected chi connectivity index (χ4v) is 3.78. The van der Waals surface area contributed by atoms with Gasteiger partial charge in [0.1, 0.15) is 5.25 Å². The SMILES string of the molecule is CC(C)c1ccc(-n2nnnc2SC(C(=O)N(C)C)c2ccccc2)cc1. The molecule has 7 heteroatoms. The normalized spacial score (nSPS) is 12.2. The quantitative estimate of drug-likeness (QED) is 0.609. The lowest BCUT2D eigenvalue weighted by Crippen LogP contribution is -2.27. The molecule has 3 rings (SSSR count). The Morgan fingerprint density at radius 3 is 2.26 bits per heavy atom. The van der Waals surface area contributed by atoms with Crippen molar-refractivity contribution >= 4 is 17.7 Å². The number of thioether (sulfide) groups is 1. The van der Waals surface area contributed by atoms with Crippen LogP contribution in [0, 0.1) is 0 Å². The van der Waals surface area contributed by atoms with Gasteiger partial charge in [-0.2, -0.15) is 4.68 Å². The van der Waals surface area contributed by atoms with Crippen LogP contribution in [0.5, 0.6) is 0 Å². The van der Waals surface area contributed by atoms with Gasteiger partial charge in [-0.15, -0.1) is 5.10 Å². The van der Waals surface area contributed by atoms with Gasteiger partial charge in [-0.05, 0) is 39.6 Å². The second-order valence-corrected chi connectivity index (χ2v) is 7.83. The van der Waals surface area contributed by atoms with E-state index in [4.69, 9.17) is 0 Å². The average Bonchev–Trinajstić information content (AvgIpc) is 3.14. The summed E-state index contributed by atoms with van der Waals surface area (Å²) in [4.78, 5) is 14.4. The molecule has 27 heavy (non-hydrogen) atoms. The van der Waals surface area contributed by atoms with Gasteiger partial charge in [0.25, 0.3) is 0 Å². The average molecular weight is 382 g/mol. The van der Waals surface area contributed by atoms with E-state index in [0.717, 1.165) is 11.3 Å². The third kappa shape index (κ3) is 4.36. The van der Waals surface area contributed by atoms with Crippen molar-refractivity contribution < 1.29 is 4.79 Å². The van der Waals surface area contributed by atoms with Crippen molar-refractivity contribution in [1.29, 1.82) is 0 Å². The third-order valence-electron chi connectivity index (χ3n) is 4.24. The second-order valence-electron chi connectivity index (χ2n) is 6.76. The van der Waals surface area contributed by atoms with Gasteiger partial charge in [-0.25, -0.2) is 0 Å². The second kappa shape index (κ2) is 8.35. The summed E-state index contributed by atoms with van der Waals surface area (Å²) in [5.41, 5.74) is 3.05. The van der Waals surface area contributed by atoms with Crippen LogP contribution in [0.3, 0.4) is 0 Å². The Balaban J connectivity index is 1.92. The number of benzene rings is 2. The van der Waals surface area contributed by atoms with E-state index in [9.17, 15) is 4.79 Å². The first-order chi connectivity index (χ1) is 13.0. The molecule has 1 atom stereocenters. The Bertz CT molecular complexity index is 890. The molecule has 0 aliphatic heterocycles. The topological polar surface area (TPSA) is 63.9 Å². The largest absolute Gasteiger partial charge is 0.348 e. The molecule has 2 aromatic carbocycles. The maximum absolute atomic E-state index is 12.8. The van der Waals surface area contributed by atoms with E-state index in [-0.39, 0.29) is 5.91 Å². The zero-order valence-corrected chi connectivity index (χ0v) is 16.7. The highest BCUT2D eigenvalue weighted by molar-refractivity contribution is 8.00. The molecule has 0 aliphatic carbocycles. The van der Waals surface area contributed by atoms with Crippen LogP contribution in [0.1, 0.15) is 36.1 Å². The van der Waals surface area contributed by atoms with Crippen LogP contribution < -0.4 is 0 Å². The molecule has 0 N–H and O–H groups in total. The van der Waals surface area contributed by atoms with Crippen LogP contribution in [0.25, 0.3) is 5.69 Å². The summed E-state index contributed by atoms with van der Waals surface area (Å²) in [6, 6.07) is 17.9. The van der Waals surface area contributed by atoms with E-state index in [0.29, 0.717) is 11.1 Å².